The highest BCUT2D eigenvalue weighted by Gasteiger charge is 2.08. The van der Waals surface area contributed by atoms with E-state index < -0.39 is 0 Å². The average Bonchev–Trinajstić information content (AvgIpc) is 2.40. The van der Waals surface area contributed by atoms with Gasteiger partial charge in [0.15, 0.2) is 0 Å². The fraction of sp³-hybridized carbons (Fsp3) is 0.667. The molecule has 0 saturated carbocycles. The zero-order valence-corrected chi connectivity index (χ0v) is 14.2. The maximum Gasteiger partial charge on any atom is 0.0294 e. The molecule has 0 spiro atoms. The molecule has 1 unspecified atom stereocenters. The SMILES string of the molecule is Cc1ccc(C)c(C(C)NCCCCN(C)C(C)C)c1. The Bertz CT molecular complexity index is 398. The number of aryl methyl sites for hydroxylation is 2. The van der Waals surface area contributed by atoms with E-state index in [0.717, 1.165) is 6.54 Å². The van der Waals surface area contributed by atoms with Gasteiger partial charge in [-0.15, -0.1) is 0 Å². The van der Waals surface area contributed by atoms with Crippen LogP contribution in [0.25, 0.3) is 0 Å². The third kappa shape index (κ3) is 5.64. The van der Waals surface area contributed by atoms with Gasteiger partial charge in [-0.2, -0.15) is 0 Å². The fourth-order valence-corrected chi connectivity index (χ4v) is 2.40. The van der Waals surface area contributed by atoms with Crippen molar-refractivity contribution in [2.45, 2.75) is 59.5 Å². The highest BCUT2D eigenvalue weighted by atomic mass is 15.1. The van der Waals surface area contributed by atoms with E-state index in [1.165, 1.54) is 36.1 Å². The van der Waals surface area contributed by atoms with Crippen LogP contribution in [-0.2, 0) is 0 Å². The van der Waals surface area contributed by atoms with Crippen LogP contribution in [-0.4, -0.2) is 31.1 Å². The van der Waals surface area contributed by atoms with Crippen molar-refractivity contribution in [3.63, 3.8) is 0 Å². The first-order valence-electron chi connectivity index (χ1n) is 7.92. The second-order valence-corrected chi connectivity index (χ2v) is 6.32. The lowest BCUT2D eigenvalue weighted by atomic mass is 10.00. The minimum Gasteiger partial charge on any atom is -0.310 e. The van der Waals surface area contributed by atoms with Crippen molar-refractivity contribution in [1.82, 2.24) is 10.2 Å². The molecule has 2 heteroatoms. The quantitative estimate of drug-likeness (QED) is 0.720. The lowest BCUT2D eigenvalue weighted by Gasteiger charge is -2.21. The summed E-state index contributed by atoms with van der Waals surface area (Å²) >= 11 is 0. The monoisotopic (exact) mass is 276 g/mol. The summed E-state index contributed by atoms with van der Waals surface area (Å²) in [5.74, 6) is 0. The van der Waals surface area contributed by atoms with Gasteiger partial charge in [0.05, 0.1) is 0 Å². The molecule has 0 saturated heterocycles. The minimum atomic E-state index is 0.442. The molecule has 0 fully saturated rings. The van der Waals surface area contributed by atoms with Gasteiger partial charge in [-0.1, -0.05) is 23.8 Å². The summed E-state index contributed by atoms with van der Waals surface area (Å²) in [6.45, 7) is 13.4. The first-order valence-corrected chi connectivity index (χ1v) is 7.92. The summed E-state index contributed by atoms with van der Waals surface area (Å²) < 4.78 is 0. The predicted molar refractivity (Wildman–Crippen MR) is 89.3 cm³/mol. The van der Waals surface area contributed by atoms with Gasteiger partial charge >= 0.3 is 0 Å². The normalized spacial score (nSPS) is 13.2. The van der Waals surface area contributed by atoms with Crippen LogP contribution in [0.3, 0.4) is 0 Å². The number of nitrogens with one attached hydrogen (secondary N) is 1. The van der Waals surface area contributed by atoms with E-state index in [2.05, 4.69) is 70.1 Å². The highest BCUT2D eigenvalue weighted by Crippen LogP contribution is 2.18. The van der Waals surface area contributed by atoms with Gasteiger partial charge in [-0.25, -0.2) is 0 Å². The average molecular weight is 276 g/mol. The smallest absolute Gasteiger partial charge is 0.0294 e. The maximum atomic E-state index is 3.65. The first-order chi connectivity index (χ1) is 9.41. The van der Waals surface area contributed by atoms with E-state index in [1.54, 1.807) is 0 Å². The molecule has 0 heterocycles. The third-order valence-corrected chi connectivity index (χ3v) is 4.17. The second-order valence-electron chi connectivity index (χ2n) is 6.32. The van der Waals surface area contributed by atoms with Crippen LogP contribution in [0.5, 0.6) is 0 Å². The molecule has 0 amide bonds. The van der Waals surface area contributed by atoms with E-state index in [1.807, 2.05) is 0 Å². The van der Waals surface area contributed by atoms with Crippen molar-refractivity contribution in [1.29, 1.82) is 0 Å². The molecule has 1 aromatic carbocycles. The third-order valence-electron chi connectivity index (χ3n) is 4.17. The molecule has 0 aliphatic carbocycles. The number of benzene rings is 1. The van der Waals surface area contributed by atoms with Crippen LogP contribution in [0, 0.1) is 13.8 Å². The molecule has 2 nitrogen and oxygen atoms in total. The molecule has 1 rings (SSSR count). The lowest BCUT2D eigenvalue weighted by Crippen LogP contribution is -2.28. The summed E-state index contributed by atoms with van der Waals surface area (Å²) in [4.78, 5) is 2.41. The van der Waals surface area contributed by atoms with Crippen molar-refractivity contribution in [2.24, 2.45) is 0 Å². The molecule has 0 radical (unpaired) electrons. The Labute approximate surface area is 125 Å². The Kier molecular flexibility index (Phi) is 7.25. The number of rotatable bonds is 8. The fourth-order valence-electron chi connectivity index (χ4n) is 2.40. The van der Waals surface area contributed by atoms with Crippen molar-refractivity contribution < 1.29 is 0 Å². The standard InChI is InChI=1S/C18H32N2/c1-14(2)20(6)12-8-7-11-19-17(5)18-13-15(3)9-10-16(18)4/h9-10,13-14,17,19H,7-8,11-12H2,1-6H3. The maximum absolute atomic E-state index is 3.65. The van der Waals surface area contributed by atoms with Gasteiger partial charge in [-0.05, 0) is 78.7 Å². The van der Waals surface area contributed by atoms with E-state index in [9.17, 15) is 0 Å². The van der Waals surface area contributed by atoms with Gasteiger partial charge in [-0.3, -0.25) is 0 Å². The summed E-state index contributed by atoms with van der Waals surface area (Å²) in [5.41, 5.74) is 4.16. The largest absolute Gasteiger partial charge is 0.310 e. The van der Waals surface area contributed by atoms with Gasteiger partial charge in [0.1, 0.15) is 0 Å². The highest BCUT2D eigenvalue weighted by molar-refractivity contribution is 5.32. The number of unbranched alkanes of at least 4 members (excludes halogenated alkanes) is 1. The first kappa shape index (κ1) is 17.2. The predicted octanol–water partition coefficient (Wildman–Crippen LogP) is 4.07. The topological polar surface area (TPSA) is 15.3 Å². The Hall–Kier alpha value is -0.860. The van der Waals surface area contributed by atoms with Crippen LogP contribution in [0.4, 0.5) is 0 Å². The molecule has 1 aromatic rings. The number of hydrogen-bond donors (Lipinski definition) is 1. The molecular weight excluding hydrogens is 244 g/mol. The van der Waals surface area contributed by atoms with Gasteiger partial charge < -0.3 is 10.2 Å². The molecule has 0 bridgehead atoms. The van der Waals surface area contributed by atoms with Crippen LogP contribution >= 0.6 is 0 Å². The number of hydrogen-bond acceptors (Lipinski definition) is 2. The summed E-state index contributed by atoms with van der Waals surface area (Å²) in [7, 11) is 2.21. The van der Waals surface area contributed by atoms with Gasteiger partial charge in [0.25, 0.3) is 0 Å². The van der Waals surface area contributed by atoms with Crippen molar-refractivity contribution in [3.05, 3.63) is 34.9 Å². The minimum absolute atomic E-state index is 0.442. The molecule has 114 valence electrons. The molecule has 20 heavy (non-hydrogen) atoms. The van der Waals surface area contributed by atoms with Crippen LogP contribution in [0.15, 0.2) is 18.2 Å². The van der Waals surface area contributed by atoms with Crippen molar-refractivity contribution in [2.75, 3.05) is 20.1 Å². The van der Waals surface area contributed by atoms with E-state index in [0.29, 0.717) is 12.1 Å². The Morgan fingerprint density at radius 2 is 1.80 bits per heavy atom. The summed E-state index contributed by atoms with van der Waals surface area (Å²) in [6, 6.07) is 7.81. The lowest BCUT2D eigenvalue weighted by molar-refractivity contribution is 0.267. The van der Waals surface area contributed by atoms with E-state index >= 15 is 0 Å². The molecule has 0 aliphatic heterocycles. The van der Waals surface area contributed by atoms with E-state index in [-0.39, 0.29) is 0 Å². The summed E-state index contributed by atoms with van der Waals surface area (Å²) in [6.07, 6.45) is 2.51. The Balaban J connectivity index is 2.30. The molecular formula is C18H32N2. The van der Waals surface area contributed by atoms with Crippen LogP contribution in [0.2, 0.25) is 0 Å². The van der Waals surface area contributed by atoms with Crippen molar-refractivity contribution in [3.8, 4) is 0 Å². The van der Waals surface area contributed by atoms with Gasteiger partial charge in [0, 0.05) is 12.1 Å². The zero-order valence-electron chi connectivity index (χ0n) is 14.2. The second kappa shape index (κ2) is 8.43. The van der Waals surface area contributed by atoms with E-state index in [4.69, 9.17) is 0 Å². The zero-order chi connectivity index (χ0) is 15.1. The molecule has 1 N–H and O–H groups in total. The van der Waals surface area contributed by atoms with Crippen LogP contribution < -0.4 is 5.32 Å². The molecule has 0 aliphatic rings. The molecule has 1 atom stereocenters. The van der Waals surface area contributed by atoms with Gasteiger partial charge in [0.2, 0.25) is 0 Å². The Morgan fingerprint density at radius 1 is 1.10 bits per heavy atom. The molecule has 0 aromatic heterocycles. The van der Waals surface area contributed by atoms with Crippen molar-refractivity contribution >= 4 is 0 Å². The summed E-state index contributed by atoms with van der Waals surface area (Å²) in [5, 5.41) is 3.65. The number of nitrogens with zero attached hydrogens (tertiary/aromatic N) is 1. The van der Waals surface area contributed by atoms with Crippen LogP contribution in [0.1, 0.15) is 56.3 Å². The Morgan fingerprint density at radius 3 is 2.45 bits per heavy atom.